The average molecular weight is 413 g/mol. The molecule has 1 atom stereocenters. The quantitative estimate of drug-likeness (QED) is 0.711. The van der Waals surface area contributed by atoms with E-state index in [-0.39, 0.29) is 0 Å². The van der Waals surface area contributed by atoms with Crippen molar-refractivity contribution < 1.29 is 4.74 Å². The number of halogens is 2. The van der Waals surface area contributed by atoms with Gasteiger partial charge in [-0.05, 0) is 69.0 Å². The average Bonchev–Trinajstić information content (AvgIpc) is 2.44. The summed E-state index contributed by atoms with van der Waals surface area (Å²) in [5.74, 6) is 0.825. The Bertz CT molecular complexity index is 605. The first-order valence-electron chi connectivity index (χ1n) is 6.83. The molecule has 0 amide bonds. The van der Waals surface area contributed by atoms with Crippen LogP contribution in [0.3, 0.4) is 0 Å². The van der Waals surface area contributed by atoms with E-state index in [0.29, 0.717) is 6.04 Å². The molecule has 2 nitrogen and oxygen atoms in total. The molecular formula is C17H19Br2NO. The predicted octanol–water partition coefficient (Wildman–Crippen LogP) is 5.38. The van der Waals surface area contributed by atoms with E-state index >= 15 is 0 Å². The van der Waals surface area contributed by atoms with Crippen molar-refractivity contribution in [2.45, 2.75) is 26.4 Å². The SMILES string of the molecule is COc1c(Br)cc(CN[C@H](C)c2cccc(C)c2)cc1Br. The summed E-state index contributed by atoms with van der Waals surface area (Å²) < 4.78 is 7.24. The van der Waals surface area contributed by atoms with Gasteiger partial charge in [0.2, 0.25) is 0 Å². The maximum absolute atomic E-state index is 5.32. The van der Waals surface area contributed by atoms with Crippen LogP contribution in [0, 0.1) is 6.92 Å². The third-order valence-corrected chi connectivity index (χ3v) is 4.59. The Kier molecular flexibility index (Phi) is 5.85. The van der Waals surface area contributed by atoms with Gasteiger partial charge in [-0.3, -0.25) is 0 Å². The number of methoxy groups -OCH3 is 1. The number of benzene rings is 2. The van der Waals surface area contributed by atoms with Crippen LogP contribution in [-0.4, -0.2) is 7.11 Å². The van der Waals surface area contributed by atoms with Crippen molar-refractivity contribution in [3.63, 3.8) is 0 Å². The molecule has 0 aliphatic rings. The highest BCUT2D eigenvalue weighted by molar-refractivity contribution is 9.11. The number of nitrogens with one attached hydrogen (secondary N) is 1. The zero-order valence-electron chi connectivity index (χ0n) is 12.4. The van der Waals surface area contributed by atoms with Crippen molar-refractivity contribution in [2.24, 2.45) is 0 Å². The highest BCUT2D eigenvalue weighted by Gasteiger charge is 2.09. The monoisotopic (exact) mass is 411 g/mol. The minimum Gasteiger partial charge on any atom is -0.494 e. The molecule has 0 radical (unpaired) electrons. The van der Waals surface area contributed by atoms with Crippen LogP contribution in [-0.2, 0) is 6.54 Å². The van der Waals surface area contributed by atoms with E-state index in [1.807, 2.05) is 0 Å². The molecule has 2 rings (SSSR count). The zero-order valence-corrected chi connectivity index (χ0v) is 15.6. The molecule has 112 valence electrons. The minimum absolute atomic E-state index is 0.310. The van der Waals surface area contributed by atoms with Gasteiger partial charge >= 0.3 is 0 Å². The number of hydrogen-bond acceptors (Lipinski definition) is 2. The van der Waals surface area contributed by atoms with Crippen molar-refractivity contribution in [2.75, 3.05) is 7.11 Å². The number of hydrogen-bond donors (Lipinski definition) is 1. The minimum atomic E-state index is 0.310. The van der Waals surface area contributed by atoms with Crippen LogP contribution in [0.25, 0.3) is 0 Å². The molecule has 0 fully saturated rings. The lowest BCUT2D eigenvalue weighted by molar-refractivity contribution is 0.409. The third-order valence-electron chi connectivity index (χ3n) is 3.42. The van der Waals surface area contributed by atoms with Crippen LogP contribution in [0.2, 0.25) is 0 Å². The molecule has 0 spiro atoms. The predicted molar refractivity (Wildman–Crippen MR) is 94.8 cm³/mol. The van der Waals surface area contributed by atoms with Gasteiger partial charge in [-0.25, -0.2) is 0 Å². The Hall–Kier alpha value is -0.840. The summed E-state index contributed by atoms with van der Waals surface area (Å²) in [7, 11) is 1.67. The van der Waals surface area contributed by atoms with Gasteiger partial charge in [0.25, 0.3) is 0 Å². The summed E-state index contributed by atoms with van der Waals surface area (Å²) >= 11 is 7.07. The molecule has 0 bridgehead atoms. The van der Waals surface area contributed by atoms with Crippen LogP contribution < -0.4 is 10.1 Å². The number of aryl methyl sites for hydroxylation is 1. The second-order valence-corrected chi connectivity index (χ2v) is 6.82. The van der Waals surface area contributed by atoms with E-state index in [1.54, 1.807) is 7.11 Å². The molecule has 0 heterocycles. The van der Waals surface area contributed by atoms with Gasteiger partial charge in [0.05, 0.1) is 16.1 Å². The smallest absolute Gasteiger partial charge is 0.147 e. The molecular weight excluding hydrogens is 394 g/mol. The lowest BCUT2D eigenvalue weighted by Crippen LogP contribution is -2.18. The molecule has 4 heteroatoms. The summed E-state index contributed by atoms with van der Waals surface area (Å²) in [6.45, 7) is 5.10. The fourth-order valence-corrected chi connectivity index (χ4v) is 3.84. The molecule has 0 aliphatic carbocycles. The Balaban J connectivity index is 2.06. The molecule has 0 saturated carbocycles. The van der Waals surface area contributed by atoms with Crippen molar-refractivity contribution in [3.8, 4) is 5.75 Å². The highest BCUT2D eigenvalue weighted by atomic mass is 79.9. The number of rotatable bonds is 5. The van der Waals surface area contributed by atoms with Gasteiger partial charge in [-0.2, -0.15) is 0 Å². The van der Waals surface area contributed by atoms with Crippen molar-refractivity contribution in [1.82, 2.24) is 5.32 Å². The Morgan fingerprint density at radius 3 is 2.38 bits per heavy atom. The van der Waals surface area contributed by atoms with E-state index in [1.165, 1.54) is 16.7 Å². The van der Waals surface area contributed by atoms with E-state index in [2.05, 4.69) is 87.4 Å². The first-order valence-corrected chi connectivity index (χ1v) is 8.41. The van der Waals surface area contributed by atoms with Crippen LogP contribution in [0.1, 0.15) is 29.7 Å². The molecule has 0 aliphatic heterocycles. The highest BCUT2D eigenvalue weighted by Crippen LogP contribution is 2.34. The standard InChI is InChI=1S/C17H19Br2NO/c1-11-5-4-6-14(7-11)12(2)20-10-13-8-15(18)17(21-3)16(19)9-13/h4-9,12,20H,10H2,1-3H3/t12-/m1/s1. The van der Waals surface area contributed by atoms with Crippen LogP contribution in [0.5, 0.6) is 5.75 Å². The van der Waals surface area contributed by atoms with Gasteiger partial charge < -0.3 is 10.1 Å². The lowest BCUT2D eigenvalue weighted by atomic mass is 10.1. The maximum Gasteiger partial charge on any atom is 0.147 e. The molecule has 1 N–H and O–H groups in total. The second kappa shape index (κ2) is 7.43. The van der Waals surface area contributed by atoms with E-state index < -0.39 is 0 Å². The van der Waals surface area contributed by atoms with Crippen LogP contribution in [0.15, 0.2) is 45.3 Å². The third kappa shape index (κ3) is 4.31. The van der Waals surface area contributed by atoms with Gasteiger partial charge in [-0.15, -0.1) is 0 Å². The van der Waals surface area contributed by atoms with Gasteiger partial charge in [0.1, 0.15) is 5.75 Å². The largest absolute Gasteiger partial charge is 0.494 e. The normalized spacial score (nSPS) is 12.2. The van der Waals surface area contributed by atoms with Gasteiger partial charge in [0.15, 0.2) is 0 Å². The van der Waals surface area contributed by atoms with Crippen molar-refractivity contribution in [1.29, 1.82) is 0 Å². The number of ether oxygens (including phenoxy) is 1. The molecule has 0 unspecified atom stereocenters. The fraction of sp³-hybridized carbons (Fsp3) is 0.294. The first kappa shape index (κ1) is 16.5. The van der Waals surface area contributed by atoms with E-state index in [4.69, 9.17) is 4.74 Å². The summed E-state index contributed by atoms with van der Waals surface area (Å²) in [6.07, 6.45) is 0. The topological polar surface area (TPSA) is 21.3 Å². The summed E-state index contributed by atoms with van der Waals surface area (Å²) in [6, 6.07) is 13.1. The van der Waals surface area contributed by atoms with Crippen LogP contribution in [0.4, 0.5) is 0 Å². The second-order valence-electron chi connectivity index (χ2n) is 5.11. The summed E-state index contributed by atoms with van der Waals surface area (Å²) in [5.41, 5.74) is 3.80. The Labute approximate surface area is 143 Å². The molecule has 0 saturated heterocycles. The van der Waals surface area contributed by atoms with Gasteiger partial charge in [-0.1, -0.05) is 29.8 Å². The fourth-order valence-electron chi connectivity index (χ4n) is 2.24. The Morgan fingerprint density at radius 2 is 1.81 bits per heavy atom. The first-order chi connectivity index (χ1) is 10.0. The summed E-state index contributed by atoms with van der Waals surface area (Å²) in [4.78, 5) is 0. The molecule has 0 aromatic heterocycles. The molecule has 2 aromatic rings. The lowest BCUT2D eigenvalue weighted by Gasteiger charge is -2.16. The van der Waals surface area contributed by atoms with Gasteiger partial charge in [0, 0.05) is 12.6 Å². The van der Waals surface area contributed by atoms with Crippen molar-refractivity contribution in [3.05, 3.63) is 62.0 Å². The van der Waals surface area contributed by atoms with Crippen LogP contribution >= 0.6 is 31.9 Å². The zero-order chi connectivity index (χ0) is 15.4. The maximum atomic E-state index is 5.32. The van der Waals surface area contributed by atoms with E-state index in [9.17, 15) is 0 Å². The summed E-state index contributed by atoms with van der Waals surface area (Å²) in [5, 5.41) is 3.55. The van der Waals surface area contributed by atoms with Crippen molar-refractivity contribution >= 4 is 31.9 Å². The Morgan fingerprint density at radius 1 is 1.14 bits per heavy atom. The molecule has 2 aromatic carbocycles. The van der Waals surface area contributed by atoms with E-state index in [0.717, 1.165) is 21.2 Å². The molecule has 21 heavy (non-hydrogen) atoms.